The lowest BCUT2D eigenvalue weighted by Crippen LogP contribution is -2.31. The number of Topliss-reactive ketones (excluding diaryl/α,β-unsaturated/α-hetero) is 2. The zero-order valence-corrected chi connectivity index (χ0v) is 11.6. The number of carbonyl (C=O) groups excluding carboxylic acids is 3. The van der Waals surface area contributed by atoms with Gasteiger partial charge in [0, 0.05) is 16.7 Å². The molecule has 21 heavy (non-hydrogen) atoms. The smallest absolute Gasteiger partial charge is 0.337 e. The third-order valence-corrected chi connectivity index (χ3v) is 3.79. The molecule has 2 aliphatic rings. The first-order valence-electron chi connectivity index (χ1n) is 6.90. The fourth-order valence-corrected chi connectivity index (χ4v) is 2.77. The molecule has 106 valence electrons. The number of esters is 1. The molecule has 1 aromatic rings. The van der Waals surface area contributed by atoms with E-state index >= 15 is 0 Å². The van der Waals surface area contributed by atoms with Crippen molar-refractivity contribution in [2.75, 3.05) is 6.61 Å². The third-order valence-electron chi connectivity index (χ3n) is 3.79. The highest BCUT2D eigenvalue weighted by Gasteiger charge is 2.38. The molecular weight excluding hydrogens is 268 g/mol. The van der Waals surface area contributed by atoms with Crippen LogP contribution in [-0.4, -0.2) is 24.1 Å². The average molecular weight is 282 g/mol. The number of carbonyl (C=O) groups is 3. The number of fused-ring (bicyclic) bond motifs is 2. The van der Waals surface area contributed by atoms with Crippen LogP contribution in [0.25, 0.3) is 0 Å². The predicted molar refractivity (Wildman–Crippen MR) is 76.0 cm³/mol. The van der Waals surface area contributed by atoms with Gasteiger partial charge in [-0.15, -0.1) is 0 Å². The Bertz CT molecular complexity index is 709. The zero-order valence-electron chi connectivity index (χ0n) is 11.6. The normalized spacial score (nSPS) is 20.1. The minimum Gasteiger partial charge on any atom is -0.462 e. The Morgan fingerprint density at radius 3 is 2.67 bits per heavy atom. The summed E-state index contributed by atoms with van der Waals surface area (Å²) < 4.78 is 4.94. The maximum atomic E-state index is 12.5. The summed E-state index contributed by atoms with van der Waals surface area (Å²) >= 11 is 0. The van der Waals surface area contributed by atoms with Crippen molar-refractivity contribution in [1.82, 2.24) is 0 Å². The van der Waals surface area contributed by atoms with Crippen molar-refractivity contribution in [2.45, 2.75) is 13.3 Å². The number of hydrogen-bond donors (Lipinski definition) is 0. The van der Waals surface area contributed by atoms with Crippen LogP contribution < -0.4 is 0 Å². The summed E-state index contributed by atoms with van der Waals surface area (Å²) in [4.78, 5) is 36.8. The first-order chi connectivity index (χ1) is 10.1. The zero-order chi connectivity index (χ0) is 15.0. The number of benzene rings is 1. The van der Waals surface area contributed by atoms with Gasteiger partial charge >= 0.3 is 5.97 Å². The molecule has 0 aliphatic heterocycles. The lowest BCUT2D eigenvalue weighted by Gasteiger charge is -2.27. The Morgan fingerprint density at radius 2 is 1.95 bits per heavy atom. The molecule has 0 heterocycles. The van der Waals surface area contributed by atoms with Crippen LogP contribution in [0.5, 0.6) is 0 Å². The molecule has 4 nitrogen and oxygen atoms in total. The monoisotopic (exact) mass is 282 g/mol. The van der Waals surface area contributed by atoms with E-state index in [1.54, 1.807) is 37.3 Å². The third kappa shape index (κ3) is 2.13. The molecule has 0 radical (unpaired) electrons. The van der Waals surface area contributed by atoms with Gasteiger partial charge in [0.2, 0.25) is 0 Å². The highest BCUT2D eigenvalue weighted by atomic mass is 16.5. The lowest BCUT2D eigenvalue weighted by molar-refractivity contribution is -0.138. The number of allylic oxidation sites excluding steroid dienone is 2. The van der Waals surface area contributed by atoms with E-state index < -0.39 is 11.9 Å². The van der Waals surface area contributed by atoms with Crippen LogP contribution in [-0.2, 0) is 9.53 Å². The molecule has 1 unspecified atom stereocenters. The van der Waals surface area contributed by atoms with Crippen molar-refractivity contribution in [3.05, 3.63) is 58.7 Å². The van der Waals surface area contributed by atoms with Crippen LogP contribution in [0, 0.1) is 5.92 Å². The standard InChI is InChI=1S/C17H14O4/c1-2-21-17(20)10-7-8-13-14(9-10)16(19)12-6-4-3-5-11(12)15(13)18/h3-7,9,13H,2,8H2,1H3. The Hall–Kier alpha value is -2.49. The van der Waals surface area contributed by atoms with Gasteiger partial charge in [-0.05, 0) is 19.4 Å². The number of ketones is 2. The Morgan fingerprint density at radius 1 is 1.24 bits per heavy atom. The van der Waals surface area contributed by atoms with Crippen molar-refractivity contribution >= 4 is 17.5 Å². The van der Waals surface area contributed by atoms with E-state index in [0.717, 1.165) is 0 Å². The summed E-state index contributed by atoms with van der Waals surface area (Å²) in [6, 6.07) is 6.81. The van der Waals surface area contributed by atoms with Gasteiger partial charge in [0.15, 0.2) is 11.6 Å². The first-order valence-corrected chi connectivity index (χ1v) is 6.90. The minimum absolute atomic E-state index is 0.0596. The molecule has 0 amide bonds. The van der Waals surface area contributed by atoms with Crippen LogP contribution >= 0.6 is 0 Å². The molecule has 0 N–H and O–H groups in total. The molecule has 3 rings (SSSR count). The van der Waals surface area contributed by atoms with Gasteiger partial charge in [0.05, 0.1) is 18.1 Å². The van der Waals surface area contributed by atoms with Crippen molar-refractivity contribution in [1.29, 1.82) is 0 Å². The Balaban J connectivity index is 2.03. The van der Waals surface area contributed by atoms with Crippen molar-refractivity contribution < 1.29 is 19.1 Å². The molecule has 1 atom stereocenters. The highest BCUT2D eigenvalue weighted by molar-refractivity contribution is 6.24. The molecule has 0 fully saturated rings. The summed E-state index contributed by atoms with van der Waals surface area (Å²) in [5.41, 5.74) is 1.63. The quantitative estimate of drug-likeness (QED) is 0.782. The SMILES string of the molecule is CCOC(=O)C1=CCC2C(=O)c3ccccc3C(=O)C2=C1. The second-order valence-electron chi connectivity index (χ2n) is 5.01. The Kier molecular flexibility index (Phi) is 3.29. The van der Waals surface area contributed by atoms with Gasteiger partial charge in [0.25, 0.3) is 0 Å². The molecule has 4 heteroatoms. The van der Waals surface area contributed by atoms with Crippen LogP contribution in [0.2, 0.25) is 0 Å². The van der Waals surface area contributed by atoms with Crippen LogP contribution in [0.1, 0.15) is 34.1 Å². The van der Waals surface area contributed by atoms with Crippen molar-refractivity contribution in [3.63, 3.8) is 0 Å². The van der Waals surface area contributed by atoms with E-state index in [1.807, 2.05) is 0 Å². The molecule has 0 aromatic heterocycles. The van der Waals surface area contributed by atoms with E-state index in [9.17, 15) is 14.4 Å². The first kappa shape index (κ1) is 13.5. The van der Waals surface area contributed by atoms with Gasteiger partial charge in [-0.25, -0.2) is 4.79 Å². The van der Waals surface area contributed by atoms with Gasteiger partial charge in [0.1, 0.15) is 0 Å². The number of ether oxygens (including phenoxy) is 1. The average Bonchev–Trinajstić information content (AvgIpc) is 2.52. The number of hydrogen-bond acceptors (Lipinski definition) is 4. The lowest BCUT2D eigenvalue weighted by atomic mass is 9.74. The molecule has 2 aliphatic carbocycles. The fourth-order valence-electron chi connectivity index (χ4n) is 2.77. The molecule has 0 saturated carbocycles. The van der Waals surface area contributed by atoms with Crippen LogP contribution in [0.4, 0.5) is 0 Å². The van der Waals surface area contributed by atoms with Crippen molar-refractivity contribution in [2.24, 2.45) is 5.92 Å². The van der Waals surface area contributed by atoms with Gasteiger partial charge in [-0.3, -0.25) is 9.59 Å². The minimum atomic E-state index is -0.481. The highest BCUT2D eigenvalue weighted by Crippen LogP contribution is 2.35. The predicted octanol–water partition coefficient (Wildman–Crippen LogP) is 2.50. The van der Waals surface area contributed by atoms with E-state index in [-0.39, 0.29) is 18.2 Å². The summed E-state index contributed by atoms with van der Waals surface area (Å²) in [6.07, 6.45) is 3.53. The van der Waals surface area contributed by atoms with E-state index in [2.05, 4.69) is 0 Å². The van der Waals surface area contributed by atoms with Crippen LogP contribution in [0.3, 0.4) is 0 Å². The molecular formula is C17H14O4. The maximum absolute atomic E-state index is 12.5. The summed E-state index contributed by atoms with van der Waals surface area (Å²) in [7, 11) is 0. The second-order valence-corrected chi connectivity index (χ2v) is 5.01. The summed E-state index contributed by atoms with van der Waals surface area (Å²) in [5.74, 6) is -1.17. The van der Waals surface area contributed by atoms with E-state index in [0.29, 0.717) is 28.7 Å². The fraction of sp³-hybridized carbons (Fsp3) is 0.235. The van der Waals surface area contributed by atoms with Gasteiger partial charge in [-0.1, -0.05) is 30.3 Å². The topological polar surface area (TPSA) is 60.4 Å². The number of rotatable bonds is 2. The Labute approximate surface area is 122 Å². The molecule has 0 bridgehead atoms. The van der Waals surface area contributed by atoms with Crippen LogP contribution in [0.15, 0.2) is 47.6 Å². The second kappa shape index (κ2) is 5.13. The largest absolute Gasteiger partial charge is 0.462 e. The maximum Gasteiger partial charge on any atom is 0.337 e. The molecule has 0 saturated heterocycles. The van der Waals surface area contributed by atoms with E-state index in [4.69, 9.17) is 4.74 Å². The summed E-state index contributed by atoms with van der Waals surface area (Å²) in [6.45, 7) is 2.00. The molecule has 1 aromatic carbocycles. The van der Waals surface area contributed by atoms with Gasteiger partial charge in [-0.2, -0.15) is 0 Å². The summed E-state index contributed by atoms with van der Waals surface area (Å²) in [5, 5.41) is 0. The van der Waals surface area contributed by atoms with Crippen molar-refractivity contribution in [3.8, 4) is 0 Å². The molecule has 0 spiro atoms. The van der Waals surface area contributed by atoms with Gasteiger partial charge < -0.3 is 4.74 Å². The van der Waals surface area contributed by atoms with E-state index in [1.165, 1.54) is 6.08 Å².